The number of hydrogen-bond donors (Lipinski definition) is 0. The zero-order chi connectivity index (χ0) is 22.0. The Balaban J connectivity index is 1.71. The average Bonchev–Trinajstić information content (AvgIpc) is 3.26. The Bertz CT molecular complexity index is 1200. The predicted molar refractivity (Wildman–Crippen MR) is 116 cm³/mol. The SMILES string of the molecule is COCCn1nc(-c2ccc(F)cc2)c(C)c1Cc1cc(-n2nc(C)cc2C)ncn1. The van der Waals surface area contributed by atoms with Crippen LogP contribution in [0.2, 0.25) is 0 Å². The minimum atomic E-state index is -0.266. The molecule has 3 aromatic heterocycles. The third-order valence-electron chi connectivity index (χ3n) is 5.23. The van der Waals surface area contributed by atoms with Crippen LogP contribution in [0.15, 0.2) is 42.7 Å². The first kappa shape index (κ1) is 20.9. The van der Waals surface area contributed by atoms with Gasteiger partial charge in [0.1, 0.15) is 12.1 Å². The molecule has 0 spiro atoms. The Morgan fingerprint density at radius 1 is 1.00 bits per heavy atom. The second kappa shape index (κ2) is 8.77. The van der Waals surface area contributed by atoms with Gasteiger partial charge in [0.25, 0.3) is 0 Å². The molecule has 4 rings (SSSR count). The van der Waals surface area contributed by atoms with Crippen molar-refractivity contribution in [2.45, 2.75) is 33.7 Å². The fourth-order valence-electron chi connectivity index (χ4n) is 3.69. The Kier molecular flexibility index (Phi) is 5.90. The van der Waals surface area contributed by atoms with Crippen molar-refractivity contribution in [2.24, 2.45) is 0 Å². The van der Waals surface area contributed by atoms with Crippen LogP contribution in [0.3, 0.4) is 0 Å². The maximum Gasteiger partial charge on any atom is 0.157 e. The highest BCUT2D eigenvalue weighted by Gasteiger charge is 2.17. The molecule has 0 atom stereocenters. The summed E-state index contributed by atoms with van der Waals surface area (Å²) in [5, 5.41) is 9.31. The van der Waals surface area contributed by atoms with E-state index < -0.39 is 0 Å². The van der Waals surface area contributed by atoms with Crippen LogP contribution in [-0.4, -0.2) is 43.2 Å². The van der Waals surface area contributed by atoms with Crippen molar-refractivity contribution in [1.29, 1.82) is 0 Å². The summed E-state index contributed by atoms with van der Waals surface area (Å²) in [7, 11) is 1.67. The topological polar surface area (TPSA) is 70.7 Å². The van der Waals surface area contributed by atoms with E-state index in [9.17, 15) is 4.39 Å². The molecule has 0 N–H and O–H groups in total. The lowest BCUT2D eigenvalue weighted by Gasteiger charge is -2.09. The van der Waals surface area contributed by atoms with Crippen molar-refractivity contribution >= 4 is 0 Å². The van der Waals surface area contributed by atoms with Gasteiger partial charge in [-0.3, -0.25) is 4.68 Å². The first-order valence-corrected chi connectivity index (χ1v) is 10.1. The zero-order valence-electron chi connectivity index (χ0n) is 18.1. The molecule has 7 nitrogen and oxygen atoms in total. The molecule has 3 heterocycles. The third-order valence-corrected chi connectivity index (χ3v) is 5.23. The summed E-state index contributed by atoms with van der Waals surface area (Å²) in [6.07, 6.45) is 2.14. The minimum Gasteiger partial charge on any atom is -0.383 e. The Labute approximate surface area is 180 Å². The molecule has 8 heteroatoms. The van der Waals surface area contributed by atoms with Crippen molar-refractivity contribution in [1.82, 2.24) is 29.5 Å². The van der Waals surface area contributed by atoms with Crippen LogP contribution in [0.4, 0.5) is 4.39 Å². The molecule has 0 aliphatic rings. The van der Waals surface area contributed by atoms with Crippen molar-refractivity contribution < 1.29 is 9.13 Å². The van der Waals surface area contributed by atoms with Gasteiger partial charge in [-0.15, -0.1) is 0 Å². The van der Waals surface area contributed by atoms with Crippen LogP contribution < -0.4 is 0 Å². The van der Waals surface area contributed by atoms with Crippen molar-refractivity contribution in [3.63, 3.8) is 0 Å². The first-order chi connectivity index (χ1) is 15.0. The highest BCUT2D eigenvalue weighted by molar-refractivity contribution is 5.64. The van der Waals surface area contributed by atoms with E-state index in [-0.39, 0.29) is 5.82 Å². The van der Waals surface area contributed by atoms with Crippen LogP contribution in [0.1, 0.15) is 28.3 Å². The molecular weight excluding hydrogens is 395 g/mol. The lowest BCUT2D eigenvalue weighted by molar-refractivity contribution is 0.182. The molecule has 0 radical (unpaired) electrons. The van der Waals surface area contributed by atoms with Gasteiger partial charge in [-0.25, -0.2) is 19.0 Å². The lowest BCUT2D eigenvalue weighted by Crippen LogP contribution is -2.11. The molecule has 4 aromatic rings. The summed E-state index contributed by atoms with van der Waals surface area (Å²) in [6, 6.07) is 10.4. The van der Waals surface area contributed by atoms with E-state index in [1.165, 1.54) is 12.1 Å². The van der Waals surface area contributed by atoms with Gasteiger partial charge in [-0.1, -0.05) is 0 Å². The fourth-order valence-corrected chi connectivity index (χ4v) is 3.69. The lowest BCUT2D eigenvalue weighted by atomic mass is 10.0. The first-order valence-electron chi connectivity index (χ1n) is 10.1. The minimum absolute atomic E-state index is 0.266. The number of rotatable bonds is 7. The average molecular weight is 420 g/mol. The van der Waals surface area contributed by atoms with Gasteiger partial charge in [-0.2, -0.15) is 10.2 Å². The second-order valence-corrected chi connectivity index (χ2v) is 7.53. The predicted octanol–water partition coefficient (Wildman–Crippen LogP) is 3.83. The van der Waals surface area contributed by atoms with Gasteiger partial charge < -0.3 is 4.74 Å². The molecule has 0 bridgehead atoms. The largest absolute Gasteiger partial charge is 0.383 e. The maximum absolute atomic E-state index is 13.4. The van der Waals surface area contributed by atoms with Crippen molar-refractivity contribution in [3.8, 4) is 17.1 Å². The standard InChI is InChI=1S/C23H25FN6O/c1-15-11-16(2)30(27-15)22-13-20(25-14-26-22)12-21-17(3)23(28-29(21)9-10-31-4)18-5-7-19(24)8-6-18/h5-8,11,13-14H,9-10,12H2,1-4H3. The number of aryl methyl sites for hydroxylation is 2. The molecule has 0 fully saturated rings. The van der Waals surface area contributed by atoms with Gasteiger partial charge in [0.15, 0.2) is 5.82 Å². The highest BCUT2D eigenvalue weighted by atomic mass is 19.1. The second-order valence-electron chi connectivity index (χ2n) is 7.53. The van der Waals surface area contributed by atoms with Gasteiger partial charge in [0.05, 0.1) is 30.2 Å². The van der Waals surface area contributed by atoms with Gasteiger partial charge >= 0.3 is 0 Å². The highest BCUT2D eigenvalue weighted by Crippen LogP contribution is 2.27. The fraction of sp³-hybridized carbons (Fsp3) is 0.304. The molecule has 31 heavy (non-hydrogen) atoms. The number of benzene rings is 1. The quantitative estimate of drug-likeness (QED) is 0.454. The van der Waals surface area contributed by atoms with Crippen molar-refractivity contribution in [2.75, 3.05) is 13.7 Å². The number of halogens is 1. The molecule has 0 saturated carbocycles. The van der Waals surface area contributed by atoms with Crippen LogP contribution in [0.25, 0.3) is 17.1 Å². The molecule has 0 saturated heterocycles. The van der Waals surface area contributed by atoms with E-state index in [1.807, 2.05) is 42.3 Å². The summed E-state index contributed by atoms with van der Waals surface area (Å²) >= 11 is 0. The van der Waals surface area contributed by atoms with E-state index in [0.717, 1.165) is 45.4 Å². The molecule has 0 amide bonds. The third kappa shape index (κ3) is 4.39. The molecular formula is C23H25FN6O. The van der Waals surface area contributed by atoms with Gasteiger partial charge in [0, 0.05) is 36.5 Å². The zero-order valence-corrected chi connectivity index (χ0v) is 18.1. The smallest absolute Gasteiger partial charge is 0.157 e. The Hall–Kier alpha value is -3.39. The summed E-state index contributed by atoms with van der Waals surface area (Å²) in [5.74, 6) is 0.466. The molecule has 0 unspecified atom stereocenters. The Morgan fingerprint density at radius 2 is 1.77 bits per heavy atom. The summed E-state index contributed by atoms with van der Waals surface area (Å²) in [5.41, 5.74) is 6.60. The molecule has 160 valence electrons. The van der Waals surface area contributed by atoms with Gasteiger partial charge in [0.2, 0.25) is 0 Å². The Morgan fingerprint density at radius 3 is 2.45 bits per heavy atom. The van der Waals surface area contributed by atoms with E-state index >= 15 is 0 Å². The molecule has 0 aliphatic carbocycles. The number of nitrogens with zero attached hydrogens (tertiary/aromatic N) is 6. The summed E-state index contributed by atoms with van der Waals surface area (Å²) in [4.78, 5) is 8.87. The maximum atomic E-state index is 13.4. The normalized spacial score (nSPS) is 11.3. The number of aromatic nitrogens is 6. The van der Waals surface area contributed by atoms with E-state index in [1.54, 1.807) is 25.6 Å². The van der Waals surface area contributed by atoms with Crippen LogP contribution in [0.5, 0.6) is 0 Å². The van der Waals surface area contributed by atoms with Crippen molar-refractivity contribution in [3.05, 3.63) is 76.9 Å². The van der Waals surface area contributed by atoms with Gasteiger partial charge in [-0.05, 0) is 56.7 Å². The van der Waals surface area contributed by atoms with Crippen LogP contribution in [0, 0.1) is 26.6 Å². The number of ether oxygens (including phenoxy) is 1. The van der Waals surface area contributed by atoms with E-state index in [4.69, 9.17) is 9.84 Å². The molecule has 1 aromatic carbocycles. The van der Waals surface area contributed by atoms with E-state index in [0.29, 0.717) is 19.6 Å². The summed E-state index contributed by atoms with van der Waals surface area (Å²) in [6.45, 7) is 7.15. The number of methoxy groups -OCH3 is 1. The van der Waals surface area contributed by atoms with Crippen LogP contribution >= 0.6 is 0 Å². The monoisotopic (exact) mass is 420 g/mol. The number of hydrogen-bond acceptors (Lipinski definition) is 5. The molecule has 0 aliphatic heterocycles. The van der Waals surface area contributed by atoms with E-state index in [2.05, 4.69) is 15.1 Å². The van der Waals surface area contributed by atoms with Crippen LogP contribution in [-0.2, 0) is 17.7 Å². The summed E-state index contributed by atoms with van der Waals surface area (Å²) < 4.78 is 22.4.